The number of hydrogen-bond acceptors (Lipinski definition) is 5. The van der Waals surface area contributed by atoms with Crippen molar-refractivity contribution >= 4 is 10.0 Å². The molecule has 7 heteroatoms. The van der Waals surface area contributed by atoms with Gasteiger partial charge in [-0.15, -0.1) is 0 Å². The van der Waals surface area contributed by atoms with Crippen LogP contribution in [0.25, 0.3) is 0 Å². The van der Waals surface area contributed by atoms with Crippen molar-refractivity contribution in [3.63, 3.8) is 0 Å². The van der Waals surface area contributed by atoms with Crippen LogP contribution in [0.15, 0.2) is 23.1 Å². The molecule has 0 aliphatic carbocycles. The van der Waals surface area contributed by atoms with Crippen LogP contribution in [0.1, 0.15) is 19.8 Å². The van der Waals surface area contributed by atoms with Crippen molar-refractivity contribution in [3.8, 4) is 11.5 Å². The summed E-state index contributed by atoms with van der Waals surface area (Å²) >= 11 is 0. The summed E-state index contributed by atoms with van der Waals surface area (Å²) in [5, 5.41) is 9.58. The number of fused-ring (bicyclic) bond motifs is 1. The molecule has 0 bridgehead atoms. The topological polar surface area (TPSA) is 84.9 Å². The van der Waals surface area contributed by atoms with Crippen molar-refractivity contribution in [3.05, 3.63) is 18.2 Å². The van der Waals surface area contributed by atoms with Crippen molar-refractivity contribution < 1.29 is 23.0 Å². The lowest BCUT2D eigenvalue weighted by molar-refractivity contribution is 0.167. The van der Waals surface area contributed by atoms with Crippen molar-refractivity contribution in [2.24, 2.45) is 0 Å². The minimum absolute atomic E-state index is 0.00458. The number of ether oxygens (including phenoxy) is 2. The van der Waals surface area contributed by atoms with Crippen LogP contribution < -0.4 is 14.2 Å². The molecule has 2 N–H and O–H groups in total. The van der Waals surface area contributed by atoms with Crippen LogP contribution in [-0.4, -0.2) is 39.4 Å². The monoisotopic (exact) mass is 301 g/mol. The molecular weight excluding hydrogens is 282 g/mol. The molecule has 0 saturated carbocycles. The molecule has 0 fully saturated rings. The zero-order chi connectivity index (χ0) is 14.6. The third-order valence-corrected chi connectivity index (χ3v) is 4.38. The standard InChI is InChI=1S/C13H19NO5S/c1-2-3-10(15)9-14-20(16,17)11-4-5-12-13(8-11)19-7-6-18-12/h4-5,8,10,14-15H,2-3,6-7,9H2,1H3. The maximum absolute atomic E-state index is 12.1. The van der Waals surface area contributed by atoms with Gasteiger partial charge in [0.05, 0.1) is 11.0 Å². The maximum atomic E-state index is 12.1. The SMILES string of the molecule is CCCC(O)CNS(=O)(=O)c1ccc2c(c1)OCCO2. The molecule has 0 saturated heterocycles. The largest absolute Gasteiger partial charge is 0.486 e. The predicted octanol–water partition coefficient (Wildman–Crippen LogP) is 0.897. The molecule has 1 heterocycles. The van der Waals surface area contributed by atoms with E-state index in [9.17, 15) is 13.5 Å². The molecular formula is C13H19NO5S. The third kappa shape index (κ3) is 3.62. The fourth-order valence-electron chi connectivity index (χ4n) is 1.92. The van der Waals surface area contributed by atoms with E-state index in [4.69, 9.17) is 9.47 Å². The number of rotatable bonds is 6. The Bertz CT molecular complexity index is 558. The number of hydrogen-bond donors (Lipinski definition) is 2. The predicted molar refractivity (Wildman–Crippen MR) is 73.5 cm³/mol. The van der Waals surface area contributed by atoms with Gasteiger partial charge in [-0.25, -0.2) is 13.1 Å². The summed E-state index contributed by atoms with van der Waals surface area (Å²) in [6.45, 7) is 2.79. The van der Waals surface area contributed by atoms with Gasteiger partial charge in [0, 0.05) is 12.6 Å². The molecule has 2 rings (SSSR count). The Morgan fingerprint density at radius 1 is 1.30 bits per heavy atom. The van der Waals surface area contributed by atoms with Crippen molar-refractivity contribution in [2.75, 3.05) is 19.8 Å². The Hall–Kier alpha value is -1.31. The lowest BCUT2D eigenvalue weighted by atomic mass is 10.2. The summed E-state index contributed by atoms with van der Waals surface area (Å²) in [4.78, 5) is 0.102. The summed E-state index contributed by atoms with van der Waals surface area (Å²) in [7, 11) is -3.65. The van der Waals surface area contributed by atoms with E-state index in [1.54, 1.807) is 6.07 Å². The van der Waals surface area contributed by atoms with E-state index < -0.39 is 16.1 Å². The summed E-state index contributed by atoms with van der Waals surface area (Å²) in [6, 6.07) is 4.47. The molecule has 20 heavy (non-hydrogen) atoms. The number of aliphatic hydroxyl groups is 1. The number of aliphatic hydroxyl groups excluding tert-OH is 1. The van der Waals surface area contributed by atoms with E-state index in [0.717, 1.165) is 6.42 Å². The molecule has 0 radical (unpaired) electrons. The first kappa shape index (κ1) is 15.1. The van der Waals surface area contributed by atoms with Gasteiger partial charge in [0.2, 0.25) is 10.0 Å². The highest BCUT2D eigenvalue weighted by Gasteiger charge is 2.19. The summed E-state index contributed by atoms with van der Waals surface area (Å²) in [5.74, 6) is 0.967. The van der Waals surface area contributed by atoms with Crippen molar-refractivity contribution in [1.29, 1.82) is 0 Å². The average Bonchev–Trinajstić information content (AvgIpc) is 2.45. The second-order valence-corrected chi connectivity index (χ2v) is 6.37. The molecule has 1 aromatic rings. The van der Waals surface area contributed by atoms with Crippen LogP contribution in [0, 0.1) is 0 Å². The van der Waals surface area contributed by atoms with Gasteiger partial charge < -0.3 is 14.6 Å². The van der Waals surface area contributed by atoms with E-state index in [1.165, 1.54) is 12.1 Å². The molecule has 1 atom stereocenters. The zero-order valence-corrected chi connectivity index (χ0v) is 12.1. The Kier molecular flexibility index (Phi) is 4.85. The fraction of sp³-hybridized carbons (Fsp3) is 0.538. The van der Waals surface area contributed by atoms with E-state index in [2.05, 4.69) is 4.72 Å². The van der Waals surface area contributed by atoms with Crippen LogP contribution >= 0.6 is 0 Å². The highest BCUT2D eigenvalue weighted by molar-refractivity contribution is 7.89. The van der Waals surface area contributed by atoms with Gasteiger partial charge in [-0.05, 0) is 18.6 Å². The van der Waals surface area contributed by atoms with Gasteiger partial charge in [-0.3, -0.25) is 0 Å². The van der Waals surface area contributed by atoms with E-state index >= 15 is 0 Å². The van der Waals surface area contributed by atoms with Gasteiger partial charge in [0.1, 0.15) is 13.2 Å². The zero-order valence-electron chi connectivity index (χ0n) is 11.3. The second kappa shape index (κ2) is 6.43. The Morgan fingerprint density at radius 3 is 2.70 bits per heavy atom. The van der Waals surface area contributed by atoms with Gasteiger partial charge in [0.15, 0.2) is 11.5 Å². The Balaban J connectivity index is 2.09. The highest BCUT2D eigenvalue weighted by atomic mass is 32.2. The maximum Gasteiger partial charge on any atom is 0.240 e. The van der Waals surface area contributed by atoms with E-state index in [-0.39, 0.29) is 11.4 Å². The molecule has 1 aromatic carbocycles. The lowest BCUT2D eigenvalue weighted by Gasteiger charge is -2.19. The summed E-state index contributed by atoms with van der Waals surface area (Å²) in [5.41, 5.74) is 0. The minimum atomic E-state index is -3.65. The first-order chi connectivity index (χ1) is 9.53. The molecule has 0 spiro atoms. The number of benzene rings is 1. The number of nitrogens with one attached hydrogen (secondary N) is 1. The van der Waals surface area contributed by atoms with Gasteiger partial charge in [-0.2, -0.15) is 0 Å². The Morgan fingerprint density at radius 2 is 2.00 bits per heavy atom. The molecule has 1 aliphatic heterocycles. The molecule has 0 aromatic heterocycles. The quantitative estimate of drug-likeness (QED) is 0.815. The second-order valence-electron chi connectivity index (χ2n) is 4.60. The van der Waals surface area contributed by atoms with Crippen LogP contribution in [0.4, 0.5) is 0 Å². The third-order valence-electron chi connectivity index (χ3n) is 2.95. The molecule has 6 nitrogen and oxygen atoms in total. The normalized spacial score (nSPS) is 15.9. The van der Waals surface area contributed by atoms with Crippen LogP contribution in [0.5, 0.6) is 11.5 Å². The Labute approximate surface area is 118 Å². The first-order valence-corrected chi connectivity index (χ1v) is 8.08. The van der Waals surface area contributed by atoms with Crippen LogP contribution in [0.2, 0.25) is 0 Å². The van der Waals surface area contributed by atoms with Crippen LogP contribution in [-0.2, 0) is 10.0 Å². The highest BCUT2D eigenvalue weighted by Crippen LogP contribution is 2.32. The van der Waals surface area contributed by atoms with E-state index in [0.29, 0.717) is 31.1 Å². The smallest absolute Gasteiger partial charge is 0.240 e. The summed E-state index contributed by atoms with van der Waals surface area (Å²) in [6.07, 6.45) is 0.684. The molecule has 1 aliphatic rings. The van der Waals surface area contributed by atoms with Crippen molar-refractivity contribution in [2.45, 2.75) is 30.8 Å². The fourth-order valence-corrected chi connectivity index (χ4v) is 3.00. The van der Waals surface area contributed by atoms with Crippen molar-refractivity contribution in [1.82, 2.24) is 4.72 Å². The van der Waals surface area contributed by atoms with Gasteiger partial charge >= 0.3 is 0 Å². The van der Waals surface area contributed by atoms with Crippen LogP contribution in [0.3, 0.4) is 0 Å². The molecule has 0 amide bonds. The van der Waals surface area contributed by atoms with Gasteiger partial charge in [0.25, 0.3) is 0 Å². The summed E-state index contributed by atoms with van der Waals surface area (Å²) < 4.78 is 37.3. The van der Waals surface area contributed by atoms with E-state index in [1.807, 2.05) is 6.92 Å². The molecule has 1 unspecified atom stereocenters. The first-order valence-electron chi connectivity index (χ1n) is 6.60. The van der Waals surface area contributed by atoms with Gasteiger partial charge in [-0.1, -0.05) is 13.3 Å². The average molecular weight is 301 g/mol. The molecule has 112 valence electrons. The lowest BCUT2D eigenvalue weighted by Crippen LogP contribution is -2.32. The number of sulfonamides is 1. The minimum Gasteiger partial charge on any atom is -0.486 e.